The summed E-state index contributed by atoms with van der Waals surface area (Å²) in [7, 11) is 2.05. The third-order valence-electron chi connectivity index (χ3n) is 3.74. The molecule has 0 spiro atoms. The molecule has 0 aliphatic heterocycles. The van der Waals surface area contributed by atoms with Gasteiger partial charge in [0.15, 0.2) is 6.23 Å². The number of benzene rings is 2. The summed E-state index contributed by atoms with van der Waals surface area (Å²) in [6.45, 7) is 8.71. The van der Waals surface area contributed by atoms with Crippen LogP contribution in [0, 0.1) is 0 Å². The first-order chi connectivity index (χ1) is 9.88. The molecule has 0 aromatic heterocycles. The highest BCUT2D eigenvalue weighted by atomic mass is 16.5. The minimum Gasteiger partial charge on any atom is -0.471 e. The van der Waals surface area contributed by atoms with Crippen LogP contribution in [-0.4, -0.2) is 13.3 Å². The second-order valence-corrected chi connectivity index (χ2v) is 6.44. The molecule has 0 bridgehead atoms. The number of rotatable bonds is 4. The van der Waals surface area contributed by atoms with Gasteiger partial charge in [0, 0.05) is 12.7 Å². The van der Waals surface area contributed by atoms with Crippen LogP contribution in [-0.2, 0) is 5.41 Å². The van der Waals surface area contributed by atoms with Crippen LogP contribution in [0.25, 0.3) is 0 Å². The fourth-order valence-electron chi connectivity index (χ4n) is 2.18. The Bertz CT molecular complexity index is 554. The lowest BCUT2D eigenvalue weighted by atomic mass is 9.87. The van der Waals surface area contributed by atoms with Crippen LogP contribution < -0.4 is 9.64 Å². The SMILES string of the molecule is CC(Oc1ccc(C(C)(C)C)cc1)N(C)c1ccccc1. The van der Waals surface area contributed by atoms with Crippen molar-refractivity contribution in [2.75, 3.05) is 11.9 Å². The van der Waals surface area contributed by atoms with Gasteiger partial charge >= 0.3 is 0 Å². The zero-order valence-electron chi connectivity index (χ0n) is 13.6. The van der Waals surface area contributed by atoms with E-state index in [-0.39, 0.29) is 11.6 Å². The number of hydrogen-bond acceptors (Lipinski definition) is 2. The molecule has 0 heterocycles. The van der Waals surface area contributed by atoms with Crippen molar-refractivity contribution in [2.45, 2.75) is 39.3 Å². The van der Waals surface area contributed by atoms with Crippen LogP contribution in [0.15, 0.2) is 54.6 Å². The lowest BCUT2D eigenvalue weighted by Crippen LogP contribution is -2.33. The van der Waals surface area contributed by atoms with Gasteiger partial charge in [-0.3, -0.25) is 0 Å². The smallest absolute Gasteiger partial charge is 0.169 e. The number of hydrogen-bond donors (Lipinski definition) is 0. The lowest BCUT2D eigenvalue weighted by molar-refractivity contribution is 0.221. The van der Waals surface area contributed by atoms with Crippen LogP contribution in [0.3, 0.4) is 0 Å². The molecule has 0 aliphatic rings. The molecule has 0 saturated heterocycles. The van der Waals surface area contributed by atoms with Crippen LogP contribution in [0.5, 0.6) is 5.75 Å². The Labute approximate surface area is 128 Å². The van der Waals surface area contributed by atoms with E-state index in [1.54, 1.807) is 0 Å². The molecule has 0 radical (unpaired) electrons. The van der Waals surface area contributed by atoms with E-state index in [1.807, 2.05) is 25.2 Å². The Hall–Kier alpha value is -1.96. The summed E-state index contributed by atoms with van der Waals surface area (Å²) in [4.78, 5) is 2.12. The van der Waals surface area contributed by atoms with Gasteiger partial charge in [0.2, 0.25) is 0 Å². The Morgan fingerprint density at radius 3 is 2.00 bits per heavy atom. The van der Waals surface area contributed by atoms with Gasteiger partial charge < -0.3 is 9.64 Å². The average Bonchev–Trinajstić information content (AvgIpc) is 2.47. The van der Waals surface area contributed by atoms with Gasteiger partial charge in [-0.05, 0) is 42.2 Å². The number of ether oxygens (including phenoxy) is 1. The number of anilines is 1. The van der Waals surface area contributed by atoms with Crippen LogP contribution in [0.4, 0.5) is 5.69 Å². The molecule has 2 heteroatoms. The van der Waals surface area contributed by atoms with Crippen LogP contribution in [0.1, 0.15) is 33.3 Å². The fraction of sp³-hybridized carbons (Fsp3) is 0.368. The second kappa shape index (κ2) is 6.21. The molecular formula is C19H25NO. The quantitative estimate of drug-likeness (QED) is 0.744. The van der Waals surface area contributed by atoms with E-state index in [2.05, 4.69) is 69.0 Å². The molecule has 112 valence electrons. The van der Waals surface area contributed by atoms with E-state index in [0.717, 1.165) is 11.4 Å². The van der Waals surface area contributed by atoms with Crippen LogP contribution in [0.2, 0.25) is 0 Å². The summed E-state index contributed by atoms with van der Waals surface area (Å²) in [6, 6.07) is 18.7. The topological polar surface area (TPSA) is 12.5 Å². The molecule has 2 nitrogen and oxygen atoms in total. The zero-order chi connectivity index (χ0) is 15.5. The Morgan fingerprint density at radius 2 is 1.48 bits per heavy atom. The maximum atomic E-state index is 6.02. The van der Waals surface area contributed by atoms with Crippen molar-refractivity contribution in [3.8, 4) is 5.75 Å². The molecule has 1 unspecified atom stereocenters. The maximum Gasteiger partial charge on any atom is 0.169 e. The second-order valence-electron chi connectivity index (χ2n) is 6.44. The molecule has 2 aromatic carbocycles. The summed E-state index contributed by atoms with van der Waals surface area (Å²) in [5.74, 6) is 0.901. The minimum absolute atomic E-state index is 0.0205. The highest BCUT2D eigenvalue weighted by molar-refractivity contribution is 5.45. The van der Waals surface area contributed by atoms with Gasteiger partial charge in [-0.1, -0.05) is 51.1 Å². The summed E-state index contributed by atoms with van der Waals surface area (Å²) >= 11 is 0. The fourth-order valence-corrected chi connectivity index (χ4v) is 2.18. The van der Waals surface area contributed by atoms with Crippen molar-refractivity contribution >= 4 is 5.69 Å². The van der Waals surface area contributed by atoms with Crippen molar-refractivity contribution in [1.29, 1.82) is 0 Å². The Balaban J connectivity index is 2.04. The van der Waals surface area contributed by atoms with E-state index < -0.39 is 0 Å². The van der Waals surface area contributed by atoms with Crippen molar-refractivity contribution in [3.63, 3.8) is 0 Å². The standard InChI is InChI=1S/C19H25NO/c1-15(20(5)17-9-7-6-8-10-17)21-18-13-11-16(12-14-18)19(2,3)4/h6-15H,1-5H3. The van der Waals surface area contributed by atoms with Crippen molar-refractivity contribution in [3.05, 3.63) is 60.2 Å². The first-order valence-electron chi connectivity index (χ1n) is 7.43. The largest absolute Gasteiger partial charge is 0.471 e. The first kappa shape index (κ1) is 15.4. The van der Waals surface area contributed by atoms with Gasteiger partial charge in [-0.15, -0.1) is 0 Å². The lowest BCUT2D eigenvalue weighted by Gasteiger charge is -2.28. The molecule has 1 atom stereocenters. The van der Waals surface area contributed by atoms with Gasteiger partial charge in [-0.2, -0.15) is 0 Å². The predicted octanol–water partition coefficient (Wildman–Crippen LogP) is 4.85. The normalized spacial score (nSPS) is 12.8. The van der Waals surface area contributed by atoms with Gasteiger partial charge in [-0.25, -0.2) is 0 Å². The summed E-state index contributed by atoms with van der Waals surface area (Å²) in [5, 5.41) is 0. The highest BCUT2D eigenvalue weighted by Gasteiger charge is 2.14. The van der Waals surface area contributed by atoms with Crippen molar-refractivity contribution in [1.82, 2.24) is 0 Å². The predicted molar refractivity (Wildman–Crippen MR) is 90.1 cm³/mol. The third-order valence-corrected chi connectivity index (χ3v) is 3.74. The maximum absolute atomic E-state index is 6.02. The first-order valence-corrected chi connectivity index (χ1v) is 7.43. The molecule has 21 heavy (non-hydrogen) atoms. The van der Waals surface area contributed by atoms with Crippen LogP contribution >= 0.6 is 0 Å². The molecule has 0 aliphatic carbocycles. The summed E-state index contributed by atoms with van der Waals surface area (Å²) in [6.07, 6.45) is -0.0205. The van der Waals surface area contributed by atoms with E-state index >= 15 is 0 Å². The van der Waals surface area contributed by atoms with E-state index in [1.165, 1.54) is 5.56 Å². The third kappa shape index (κ3) is 4.01. The summed E-state index contributed by atoms with van der Waals surface area (Å²) in [5.41, 5.74) is 2.64. The molecule has 0 fully saturated rings. The molecule has 2 rings (SSSR count). The van der Waals surface area contributed by atoms with Gasteiger partial charge in [0.1, 0.15) is 5.75 Å². The van der Waals surface area contributed by atoms with E-state index in [4.69, 9.17) is 4.74 Å². The number of nitrogens with zero attached hydrogens (tertiary/aromatic N) is 1. The molecular weight excluding hydrogens is 258 g/mol. The van der Waals surface area contributed by atoms with E-state index in [9.17, 15) is 0 Å². The van der Waals surface area contributed by atoms with Crippen molar-refractivity contribution in [2.24, 2.45) is 0 Å². The van der Waals surface area contributed by atoms with Gasteiger partial charge in [0.05, 0.1) is 0 Å². The zero-order valence-corrected chi connectivity index (χ0v) is 13.6. The Kier molecular flexibility index (Phi) is 4.56. The average molecular weight is 283 g/mol. The van der Waals surface area contributed by atoms with Gasteiger partial charge in [0.25, 0.3) is 0 Å². The molecule has 0 N–H and O–H groups in total. The monoisotopic (exact) mass is 283 g/mol. The highest BCUT2D eigenvalue weighted by Crippen LogP contribution is 2.25. The molecule has 0 amide bonds. The minimum atomic E-state index is -0.0205. The van der Waals surface area contributed by atoms with Crippen molar-refractivity contribution < 1.29 is 4.74 Å². The Morgan fingerprint density at radius 1 is 0.905 bits per heavy atom. The summed E-state index contributed by atoms with van der Waals surface area (Å²) < 4.78 is 6.02. The number of para-hydroxylation sites is 1. The molecule has 0 saturated carbocycles. The van der Waals surface area contributed by atoms with E-state index in [0.29, 0.717) is 0 Å². The molecule has 2 aromatic rings.